The molecule has 1 heterocycles. The minimum Gasteiger partial charge on any atom is -0.494 e. The van der Waals surface area contributed by atoms with Crippen LogP contribution in [0, 0.1) is 6.92 Å². The number of carbonyl (C=O) groups excluding carboxylic acids is 1. The normalized spacial score (nSPS) is 19.3. The van der Waals surface area contributed by atoms with Crippen LogP contribution in [0.3, 0.4) is 0 Å². The van der Waals surface area contributed by atoms with Gasteiger partial charge in [0.2, 0.25) is 11.8 Å². The van der Waals surface area contributed by atoms with E-state index >= 15 is 0 Å². The molecule has 5 nitrogen and oxygen atoms in total. The van der Waals surface area contributed by atoms with Gasteiger partial charge in [0.1, 0.15) is 11.9 Å². The Bertz CT molecular complexity index is 720. The van der Waals surface area contributed by atoms with E-state index in [1.807, 2.05) is 56.4 Å². The molecule has 0 spiro atoms. The summed E-state index contributed by atoms with van der Waals surface area (Å²) in [6.45, 7) is 4.61. The van der Waals surface area contributed by atoms with Crippen LogP contribution in [0.1, 0.15) is 43.7 Å². The SMILES string of the molecule is CCOc1ccc(CC(=O)NC2CCC(Oc3ccc(C)cn3)CC2)cc1. The fourth-order valence-corrected chi connectivity index (χ4v) is 3.35. The maximum absolute atomic E-state index is 12.3. The fourth-order valence-electron chi connectivity index (χ4n) is 3.35. The second-order valence-electron chi connectivity index (χ2n) is 7.09. The molecule has 1 fully saturated rings. The van der Waals surface area contributed by atoms with Crippen LogP contribution < -0.4 is 14.8 Å². The van der Waals surface area contributed by atoms with Crippen LogP contribution in [-0.2, 0) is 11.2 Å². The van der Waals surface area contributed by atoms with E-state index in [-0.39, 0.29) is 18.1 Å². The number of nitrogens with one attached hydrogen (secondary N) is 1. The number of nitrogens with zero attached hydrogens (tertiary/aromatic N) is 1. The molecule has 1 N–H and O–H groups in total. The summed E-state index contributed by atoms with van der Waals surface area (Å²) < 4.78 is 11.4. The van der Waals surface area contributed by atoms with E-state index in [0.717, 1.165) is 42.6 Å². The first-order chi connectivity index (χ1) is 13.1. The first-order valence-corrected chi connectivity index (χ1v) is 9.73. The first-order valence-electron chi connectivity index (χ1n) is 9.73. The lowest BCUT2D eigenvalue weighted by atomic mass is 9.92. The second kappa shape index (κ2) is 9.40. The van der Waals surface area contributed by atoms with Gasteiger partial charge in [0, 0.05) is 18.3 Å². The predicted molar refractivity (Wildman–Crippen MR) is 105 cm³/mol. The highest BCUT2D eigenvalue weighted by atomic mass is 16.5. The van der Waals surface area contributed by atoms with Gasteiger partial charge in [-0.25, -0.2) is 4.98 Å². The summed E-state index contributed by atoms with van der Waals surface area (Å²) in [7, 11) is 0. The lowest BCUT2D eigenvalue weighted by Gasteiger charge is -2.29. The average molecular weight is 368 g/mol. The van der Waals surface area contributed by atoms with E-state index < -0.39 is 0 Å². The molecule has 0 radical (unpaired) electrons. The smallest absolute Gasteiger partial charge is 0.224 e. The summed E-state index contributed by atoms with van der Waals surface area (Å²) in [6.07, 6.45) is 6.14. The zero-order chi connectivity index (χ0) is 19.1. The highest BCUT2D eigenvalue weighted by Crippen LogP contribution is 2.23. The van der Waals surface area contributed by atoms with E-state index in [1.165, 1.54) is 0 Å². The number of benzene rings is 1. The average Bonchev–Trinajstić information content (AvgIpc) is 2.67. The number of pyridine rings is 1. The molecule has 0 aliphatic heterocycles. The highest BCUT2D eigenvalue weighted by Gasteiger charge is 2.23. The maximum atomic E-state index is 12.3. The van der Waals surface area contributed by atoms with Crippen molar-refractivity contribution in [1.29, 1.82) is 0 Å². The van der Waals surface area contributed by atoms with Crippen molar-refractivity contribution < 1.29 is 14.3 Å². The highest BCUT2D eigenvalue weighted by molar-refractivity contribution is 5.78. The molecule has 3 rings (SSSR count). The number of aromatic nitrogens is 1. The van der Waals surface area contributed by atoms with Crippen molar-refractivity contribution in [3.63, 3.8) is 0 Å². The van der Waals surface area contributed by atoms with Crippen molar-refractivity contribution in [2.75, 3.05) is 6.61 Å². The van der Waals surface area contributed by atoms with Gasteiger partial charge in [-0.15, -0.1) is 0 Å². The Labute approximate surface area is 161 Å². The van der Waals surface area contributed by atoms with E-state index in [9.17, 15) is 4.79 Å². The minimum atomic E-state index is 0.0729. The molecule has 1 saturated carbocycles. The lowest BCUT2D eigenvalue weighted by Crippen LogP contribution is -2.40. The van der Waals surface area contributed by atoms with E-state index in [2.05, 4.69) is 10.3 Å². The molecule has 1 aromatic carbocycles. The van der Waals surface area contributed by atoms with E-state index in [4.69, 9.17) is 9.47 Å². The Morgan fingerprint density at radius 3 is 2.48 bits per heavy atom. The molecular formula is C22H28N2O3. The Morgan fingerprint density at radius 1 is 1.11 bits per heavy atom. The van der Waals surface area contributed by atoms with Gasteiger partial charge >= 0.3 is 0 Å². The number of hydrogen-bond acceptors (Lipinski definition) is 4. The molecular weight excluding hydrogens is 340 g/mol. The Morgan fingerprint density at radius 2 is 1.85 bits per heavy atom. The van der Waals surface area contributed by atoms with Crippen LogP contribution in [0.4, 0.5) is 0 Å². The van der Waals surface area contributed by atoms with Gasteiger partial charge in [-0.1, -0.05) is 18.2 Å². The Hall–Kier alpha value is -2.56. The molecule has 0 unspecified atom stereocenters. The second-order valence-corrected chi connectivity index (χ2v) is 7.09. The van der Waals surface area contributed by atoms with Gasteiger partial charge in [-0.05, 0) is 62.8 Å². The molecule has 1 aliphatic carbocycles. The molecule has 0 saturated heterocycles. The molecule has 1 aromatic heterocycles. The van der Waals surface area contributed by atoms with Crippen molar-refractivity contribution in [2.45, 2.75) is 58.1 Å². The largest absolute Gasteiger partial charge is 0.494 e. The standard InChI is InChI=1S/C22H28N2O3/c1-3-26-19-9-5-17(6-10-19)14-21(25)24-18-7-11-20(12-8-18)27-22-13-4-16(2)15-23-22/h4-6,9-10,13,15,18,20H,3,7-8,11-12,14H2,1-2H3,(H,24,25). The van der Waals surface area contributed by atoms with Crippen LogP contribution in [0.25, 0.3) is 0 Å². The van der Waals surface area contributed by atoms with Gasteiger partial charge in [-0.2, -0.15) is 0 Å². The van der Waals surface area contributed by atoms with Gasteiger partial charge in [0.05, 0.1) is 13.0 Å². The summed E-state index contributed by atoms with van der Waals surface area (Å²) >= 11 is 0. The van der Waals surface area contributed by atoms with Crippen LogP contribution >= 0.6 is 0 Å². The molecule has 5 heteroatoms. The number of carbonyl (C=O) groups is 1. The minimum absolute atomic E-state index is 0.0729. The number of aryl methyl sites for hydroxylation is 1. The van der Waals surface area contributed by atoms with Crippen LogP contribution in [0.15, 0.2) is 42.6 Å². The molecule has 0 atom stereocenters. The number of rotatable bonds is 7. The third-order valence-electron chi connectivity index (χ3n) is 4.81. The molecule has 1 amide bonds. The van der Waals surface area contributed by atoms with Crippen LogP contribution in [0.5, 0.6) is 11.6 Å². The summed E-state index contributed by atoms with van der Waals surface area (Å²) in [4.78, 5) is 16.6. The van der Waals surface area contributed by atoms with Crippen molar-refractivity contribution in [3.8, 4) is 11.6 Å². The first kappa shape index (κ1) is 19.2. The number of ether oxygens (including phenoxy) is 2. The summed E-state index contributed by atoms with van der Waals surface area (Å²) in [6, 6.07) is 11.9. The van der Waals surface area contributed by atoms with Crippen LogP contribution in [0.2, 0.25) is 0 Å². The third kappa shape index (κ3) is 5.98. The van der Waals surface area contributed by atoms with E-state index in [1.54, 1.807) is 0 Å². The Balaban J connectivity index is 1.40. The molecule has 2 aromatic rings. The number of amides is 1. The topological polar surface area (TPSA) is 60.5 Å². The van der Waals surface area contributed by atoms with Gasteiger partial charge in [-0.3, -0.25) is 4.79 Å². The molecule has 0 bridgehead atoms. The van der Waals surface area contributed by atoms with Crippen LogP contribution in [-0.4, -0.2) is 29.6 Å². The molecule has 27 heavy (non-hydrogen) atoms. The monoisotopic (exact) mass is 368 g/mol. The Kier molecular flexibility index (Phi) is 6.69. The van der Waals surface area contributed by atoms with Crippen molar-refractivity contribution >= 4 is 5.91 Å². The van der Waals surface area contributed by atoms with Crippen molar-refractivity contribution in [1.82, 2.24) is 10.3 Å². The summed E-state index contributed by atoms with van der Waals surface area (Å²) in [5.41, 5.74) is 2.12. The summed E-state index contributed by atoms with van der Waals surface area (Å²) in [5.74, 6) is 1.59. The quantitative estimate of drug-likeness (QED) is 0.807. The third-order valence-corrected chi connectivity index (χ3v) is 4.81. The molecule has 1 aliphatic rings. The zero-order valence-corrected chi connectivity index (χ0v) is 16.1. The van der Waals surface area contributed by atoms with Crippen molar-refractivity contribution in [3.05, 3.63) is 53.7 Å². The van der Waals surface area contributed by atoms with Crippen molar-refractivity contribution in [2.24, 2.45) is 0 Å². The molecule has 144 valence electrons. The van der Waals surface area contributed by atoms with Gasteiger partial charge in [0.25, 0.3) is 0 Å². The van der Waals surface area contributed by atoms with Gasteiger partial charge < -0.3 is 14.8 Å². The number of hydrogen-bond donors (Lipinski definition) is 1. The summed E-state index contributed by atoms with van der Waals surface area (Å²) in [5, 5.41) is 3.16. The maximum Gasteiger partial charge on any atom is 0.224 e. The fraction of sp³-hybridized carbons (Fsp3) is 0.455. The van der Waals surface area contributed by atoms with E-state index in [0.29, 0.717) is 18.9 Å². The zero-order valence-electron chi connectivity index (χ0n) is 16.1. The lowest BCUT2D eigenvalue weighted by molar-refractivity contribution is -0.121. The predicted octanol–water partition coefficient (Wildman–Crippen LogP) is 3.84. The van der Waals surface area contributed by atoms with Gasteiger partial charge in [0.15, 0.2) is 0 Å².